The van der Waals surface area contributed by atoms with E-state index in [2.05, 4.69) is 0 Å². The van der Waals surface area contributed by atoms with Crippen molar-refractivity contribution in [1.82, 2.24) is 9.03 Å². The first-order chi connectivity index (χ1) is 11.0. The molecule has 0 spiro atoms. The van der Waals surface area contributed by atoms with Crippen LogP contribution in [0.2, 0.25) is 0 Å². The van der Waals surface area contributed by atoms with Crippen LogP contribution in [-0.2, 0) is 20.0 Å². The monoisotopic (exact) mass is 385 g/mol. The minimum Gasteiger partial charge on any atom is -0.325 e. The summed E-state index contributed by atoms with van der Waals surface area (Å²) in [6.07, 6.45) is 0. The van der Waals surface area contributed by atoms with Gasteiger partial charge in [-0.15, -0.1) is 0 Å². The molecule has 0 atom stereocenters. The number of rotatable bonds is 9. The van der Waals surface area contributed by atoms with E-state index in [4.69, 9.17) is 5.73 Å². The maximum atomic E-state index is 13.1. The summed E-state index contributed by atoms with van der Waals surface area (Å²) in [5.41, 5.74) is 4.85. The van der Waals surface area contributed by atoms with Crippen molar-refractivity contribution in [2.75, 3.05) is 26.2 Å². The average Bonchev–Trinajstić information content (AvgIpc) is 2.54. The molecule has 0 aliphatic rings. The average molecular weight is 385 g/mol. The molecule has 0 radical (unpaired) electrons. The van der Waals surface area contributed by atoms with Crippen LogP contribution in [0.1, 0.15) is 13.8 Å². The van der Waals surface area contributed by atoms with E-state index < -0.39 is 44.0 Å². The fourth-order valence-electron chi connectivity index (χ4n) is 1.87. The molecule has 7 nitrogen and oxygen atoms in total. The van der Waals surface area contributed by atoms with Crippen molar-refractivity contribution in [3.63, 3.8) is 0 Å². The number of nitrogens with two attached hydrogens (primary N) is 1. The zero-order chi connectivity index (χ0) is 18.6. The van der Waals surface area contributed by atoms with Crippen molar-refractivity contribution < 1.29 is 25.6 Å². The summed E-state index contributed by atoms with van der Waals surface area (Å²) < 4.78 is 78.1. The molecule has 0 aromatic heterocycles. The number of halogens is 2. The zero-order valence-corrected chi connectivity index (χ0v) is 15.0. The third-order valence-corrected chi connectivity index (χ3v) is 6.72. The normalized spacial score (nSPS) is 13.4. The van der Waals surface area contributed by atoms with E-state index in [0.717, 1.165) is 16.4 Å². The summed E-state index contributed by atoms with van der Waals surface area (Å²) >= 11 is 0. The Morgan fingerprint density at radius 3 is 2.17 bits per heavy atom. The molecule has 0 saturated carbocycles. The van der Waals surface area contributed by atoms with Gasteiger partial charge in [0, 0.05) is 13.1 Å². The third kappa shape index (κ3) is 4.93. The molecule has 0 amide bonds. The fourth-order valence-corrected chi connectivity index (χ4v) is 4.56. The molecule has 0 aliphatic carbocycles. The number of hydrogen-bond acceptors (Lipinski definition) is 5. The first kappa shape index (κ1) is 20.9. The molecular formula is C13H21F2N3O4S2. The number of sulfonamides is 2. The lowest BCUT2D eigenvalue weighted by Crippen LogP contribution is -2.41. The van der Waals surface area contributed by atoms with Crippen LogP contribution < -0.4 is 10.5 Å². The lowest BCUT2D eigenvalue weighted by molar-refractivity contribution is 0.0170. The molecule has 0 heterocycles. The quantitative estimate of drug-likeness (QED) is 0.647. The highest BCUT2D eigenvalue weighted by molar-refractivity contribution is 7.90. The van der Waals surface area contributed by atoms with Crippen LogP contribution in [0.5, 0.6) is 0 Å². The second kappa shape index (κ2) is 7.83. The van der Waals surface area contributed by atoms with Crippen molar-refractivity contribution in [3.8, 4) is 0 Å². The van der Waals surface area contributed by atoms with Crippen molar-refractivity contribution >= 4 is 20.0 Å². The first-order valence-corrected chi connectivity index (χ1v) is 10.1. The van der Waals surface area contributed by atoms with Crippen LogP contribution in [0.3, 0.4) is 0 Å². The zero-order valence-electron chi connectivity index (χ0n) is 13.4. The molecule has 1 aromatic carbocycles. The van der Waals surface area contributed by atoms with Crippen molar-refractivity contribution in [2.45, 2.75) is 29.6 Å². The van der Waals surface area contributed by atoms with Crippen LogP contribution in [0, 0.1) is 0 Å². The van der Waals surface area contributed by atoms with Gasteiger partial charge in [0.2, 0.25) is 20.0 Å². The number of benzene rings is 1. The smallest absolute Gasteiger partial charge is 0.273 e. The second-order valence-electron chi connectivity index (χ2n) is 4.95. The van der Waals surface area contributed by atoms with E-state index in [1.54, 1.807) is 18.6 Å². The van der Waals surface area contributed by atoms with E-state index in [9.17, 15) is 25.6 Å². The minimum atomic E-state index is -4.29. The fraction of sp³-hybridized carbons (Fsp3) is 0.538. The van der Waals surface area contributed by atoms with Crippen molar-refractivity contribution in [1.29, 1.82) is 0 Å². The molecule has 1 aromatic rings. The Morgan fingerprint density at radius 1 is 1.12 bits per heavy atom. The number of nitrogens with zero attached hydrogens (tertiary/aromatic N) is 1. The Hall–Kier alpha value is -1.14. The molecule has 0 fully saturated rings. The van der Waals surface area contributed by atoms with E-state index in [-0.39, 0.29) is 18.0 Å². The summed E-state index contributed by atoms with van der Waals surface area (Å²) in [5.74, 6) is -3.39. The largest absolute Gasteiger partial charge is 0.325 e. The summed E-state index contributed by atoms with van der Waals surface area (Å²) in [7, 11) is -8.15. The maximum absolute atomic E-state index is 13.1. The van der Waals surface area contributed by atoms with Gasteiger partial charge in [-0.2, -0.15) is 4.31 Å². The second-order valence-corrected chi connectivity index (χ2v) is 8.65. The van der Waals surface area contributed by atoms with Gasteiger partial charge in [-0.3, -0.25) is 0 Å². The highest BCUT2D eigenvalue weighted by Crippen LogP contribution is 2.20. The highest BCUT2D eigenvalue weighted by atomic mass is 32.2. The van der Waals surface area contributed by atoms with Crippen LogP contribution >= 0.6 is 0 Å². The molecule has 11 heteroatoms. The van der Waals surface area contributed by atoms with E-state index >= 15 is 0 Å². The van der Waals surface area contributed by atoms with Crippen LogP contribution in [-0.4, -0.2) is 53.2 Å². The van der Waals surface area contributed by atoms with Crippen molar-refractivity contribution in [2.24, 2.45) is 5.73 Å². The van der Waals surface area contributed by atoms with Crippen LogP contribution in [0.25, 0.3) is 0 Å². The summed E-state index contributed by atoms with van der Waals surface area (Å²) in [5, 5.41) is 0. The van der Waals surface area contributed by atoms with Crippen LogP contribution in [0.4, 0.5) is 8.78 Å². The third-order valence-electron chi connectivity index (χ3n) is 3.28. The van der Waals surface area contributed by atoms with Gasteiger partial charge in [0.25, 0.3) is 5.92 Å². The molecular weight excluding hydrogens is 364 g/mol. The molecule has 1 rings (SSSR count). The summed E-state index contributed by atoms with van der Waals surface area (Å²) in [4.78, 5) is -0.636. The standard InChI is InChI=1S/C13H21F2N3O4S2/c1-3-18(4-2)24(21,22)12-7-5-6-11(8-12)23(19,20)17-10-13(14,15)9-16/h5-8,17H,3-4,9-10,16H2,1-2H3. The Kier molecular flexibility index (Phi) is 6.82. The lowest BCUT2D eigenvalue weighted by atomic mass is 10.3. The van der Waals surface area contributed by atoms with Gasteiger partial charge in [-0.05, 0) is 18.2 Å². The summed E-state index contributed by atoms with van der Waals surface area (Å²) in [6.45, 7) is 1.56. The number of hydrogen-bond donors (Lipinski definition) is 2. The van der Waals surface area contributed by atoms with Gasteiger partial charge in [0.15, 0.2) is 0 Å². The van der Waals surface area contributed by atoms with E-state index in [0.29, 0.717) is 0 Å². The summed E-state index contributed by atoms with van der Waals surface area (Å²) in [6, 6.07) is 4.56. The predicted octanol–water partition coefficient (Wildman–Crippen LogP) is 0.589. The molecule has 138 valence electrons. The van der Waals surface area contributed by atoms with Gasteiger partial charge in [-0.1, -0.05) is 19.9 Å². The highest BCUT2D eigenvalue weighted by Gasteiger charge is 2.30. The predicted molar refractivity (Wildman–Crippen MR) is 85.7 cm³/mol. The SMILES string of the molecule is CCN(CC)S(=O)(=O)c1cccc(S(=O)(=O)NCC(F)(F)CN)c1. The Morgan fingerprint density at radius 2 is 1.67 bits per heavy atom. The molecule has 0 unspecified atom stereocenters. The minimum absolute atomic E-state index is 0.219. The number of alkyl halides is 2. The van der Waals surface area contributed by atoms with Gasteiger partial charge in [0.1, 0.15) is 0 Å². The topological polar surface area (TPSA) is 110 Å². The lowest BCUT2D eigenvalue weighted by Gasteiger charge is -2.19. The van der Waals surface area contributed by atoms with E-state index in [1.807, 2.05) is 0 Å². The van der Waals surface area contributed by atoms with Gasteiger partial charge >= 0.3 is 0 Å². The van der Waals surface area contributed by atoms with Crippen molar-refractivity contribution in [3.05, 3.63) is 24.3 Å². The first-order valence-electron chi connectivity index (χ1n) is 7.18. The number of nitrogens with one attached hydrogen (secondary N) is 1. The molecule has 3 N–H and O–H groups in total. The Bertz CT molecular complexity index is 763. The Balaban J connectivity index is 3.16. The maximum Gasteiger partial charge on any atom is 0.273 e. The van der Waals surface area contributed by atoms with Crippen LogP contribution in [0.15, 0.2) is 34.1 Å². The molecule has 24 heavy (non-hydrogen) atoms. The van der Waals surface area contributed by atoms with Gasteiger partial charge in [0.05, 0.1) is 22.9 Å². The molecule has 0 aliphatic heterocycles. The molecule has 0 saturated heterocycles. The van der Waals surface area contributed by atoms with E-state index in [1.165, 1.54) is 12.1 Å². The molecule has 0 bridgehead atoms. The van der Waals surface area contributed by atoms with Gasteiger partial charge < -0.3 is 5.73 Å². The Labute approximate surface area is 140 Å². The van der Waals surface area contributed by atoms with Gasteiger partial charge in [-0.25, -0.2) is 30.3 Å².